The maximum atomic E-state index is 11.3. The number of aliphatic hydroxyl groups is 1. The molecule has 0 radical (unpaired) electrons. The van der Waals surface area contributed by atoms with Gasteiger partial charge in [-0.2, -0.15) is 0 Å². The summed E-state index contributed by atoms with van der Waals surface area (Å²) in [6.45, 7) is 2.92. The molecule has 1 N–H and O–H groups in total. The first-order valence-electron chi connectivity index (χ1n) is 5.83. The third kappa shape index (κ3) is 2.49. The number of likely N-dealkylation sites (N-methyl/N-ethyl adjacent to an activating group) is 1. The predicted octanol–water partition coefficient (Wildman–Crippen LogP) is 0.0639. The van der Waals surface area contributed by atoms with Gasteiger partial charge in [-0.15, -0.1) is 0 Å². The first-order chi connectivity index (χ1) is 7.16. The van der Waals surface area contributed by atoms with Crippen molar-refractivity contribution in [3.05, 3.63) is 0 Å². The summed E-state index contributed by atoms with van der Waals surface area (Å²) in [6.07, 6.45) is 3.35. The number of aliphatic hydroxyl groups excluding tert-OH is 1. The zero-order chi connectivity index (χ0) is 10.8. The molecule has 2 heterocycles. The van der Waals surface area contributed by atoms with Crippen LogP contribution in [0.15, 0.2) is 0 Å². The summed E-state index contributed by atoms with van der Waals surface area (Å²) in [5.41, 5.74) is 0. The highest BCUT2D eigenvalue weighted by Crippen LogP contribution is 2.19. The molecule has 0 aromatic carbocycles. The van der Waals surface area contributed by atoms with E-state index in [0.29, 0.717) is 12.5 Å². The van der Waals surface area contributed by atoms with E-state index in [-0.39, 0.29) is 12.0 Å². The highest BCUT2D eigenvalue weighted by atomic mass is 16.3. The standard InChI is InChI=1S/C11H20N2O2/c1-12-9(2-3-11(12)15)8-13-6-4-10(14)5-7-13/h9-10,14H,2-8H2,1H3/t9-/m0/s1. The van der Waals surface area contributed by atoms with Gasteiger partial charge in [0, 0.05) is 39.1 Å². The third-order valence-corrected chi connectivity index (χ3v) is 3.66. The summed E-state index contributed by atoms with van der Waals surface area (Å²) >= 11 is 0. The van der Waals surface area contributed by atoms with Gasteiger partial charge in [0.15, 0.2) is 0 Å². The molecule has 0 unspecified atom stereocenters. The Labute approximate surface area is 90.9 Å². The van der Waals surface area contributed by atoms with Crippen molar-refractivity contribution in [2.24, 2.45) is 0 Å². The van der Waals surface area contributed by atoms with Crippen LogP contribution in [0.3, 0.4) is 0 Å². The second-order valence-corrected chi connectivity index (χ2v) is 4.73. The smallest absolute Gasteiger partial charge is 0.222 e. The zero-order valence-corrected chi connectivity index (χ0v) is 9.35. The molecular weight excluding hydrogens is 192 g/mol. The SMILES string of the molecule is CN1C(=O)CC[C@H]1CN1CCC(O)CC1. The normalized spacial score (nSPS) is 30.1. The Morgan fingerprint density at radius 2 is 2.00 bits per heavy atom. The van der Waals surface area contributed by atoms with Crippen LogP contribution in [0.25, 0.3) is 0 Å². The molecule has 1 atom stereocenters. The molecule has 2 saturated heterocycles. The highest BCUT2D eigenvalue weighted by molar-refractivity contribution is 5.78. The summed E-state index contributed by atoms with van der Waals surface area (Å²) in [5.74, 6) is 0.275. The van der Waals surface area contributed by atoms with E-state index < -0.39 is 0 Å². The van der Waals surface area contributed by atoms with E-state index in [1.165, 1.54) is 0 Å². The Balaban J connectivity index is 1.80. The van der Waals surface area contributed by atoms with Gasteiger partial charge in [0.1, 0.15) is 0 Å². The van der Waals surface area contributed by atoms with Gasteiger partial charge in [0.25, 0.3) is 0 Å². The lowest BCUT2D eigenvalue weighted by molar-refractivity contribution is -0.127. The molecule has 0 aromatic rings. The minimum Gasteiger partial charge on any atom is -0.393 e. The van der Waals surface area contributed by atoms with Crippen molar-refractivity contribution in [1.29, 1.82) is 0 Å². The van der Waals surface area contributed by atoms with E-state index >= 15 is 0 Å². The van der Waals surface area contributed by atoms with Gasteiger partial charge < -0.3 is 14.9 Å². The average Bonchev–Trinajstić information content (AvgIpc) is 2.53. The van der Waals surface area contributed by atoms with Crippen molar-refractivity contribution in [1.82, 2.24) is 9.80 Å². The molecule has 0 saturated carbocycles. The van der Waals surface area contributed by atoms with Crippen molar-refractivity contribution in [3.8, 4) is 0 Å². The first-order valence-corrected chi connectivity index (χ1v) is 5.83. The quantitative estimate of drug-likeness (QED) is 0.704. The number of nitrogens with zero attached hydrogens (tertiary/aromatic N) is 2. The van der Waals surface area contributed by atoms with Crippen LogP contribution in [0.4, 0.5) is 0 Å². The van der Waals surface area contributed by atoms with E-state index in [1.54, 1.807) is 0 Å². The van der Waals surface area contributed by atoms with Crippen molar-refractivity contribution in [3.63, 3.8) is 0 Å². The van der Waals surface area contributed by atoms with Crippen molar-refractivity contribution >= 4 is 5.91 Å². The average molecular weight is 212 g/mol. The number of rotatable bonds is 2. The summed E-state index contributed by atoms with van der Waals surface area (Å²) in [4.78, 5) is 15.6. The number of amides is 1. The molecule has 2 aliphatic rings. The first kappa shape index (κ1) is 10.9. The monoisotopic (exact) mass is 212 g/mol. The molecule has 4 heteroatoms. The fourth-order valence-electron chi connectivity index (χ4n) is 2.48. The third-order valence-electron chi connectivity index (χ3n) is 3.66. The van der Waals surface area contributed by atoms with Gasteiger partial charge in [0.2, 0.25) is 5.91 Å². The molecule has 4 nitrogen and oxygen atoms in total. The van der Waals surface area contributed by atoms with E-state index in [2.05, 4.69) is 4.90 Å². The van der Waals surface area contributed by atoms with Crippen LogP contribution in [-0.2, 0) is 4.79 Å². The van der Waals surface area contributed by atoms with Gasteiger partial charge in [-0.1, -0.05) is 0 Å². The second kappa shape index (κ2) is 4.49. The lowest BCUT2D eigenvalue weighted by Gasteiger charge is -2.33. The Hall–Kier alpha value is -0.610. The number of hydrogen-bond donors (Lipinski definition) is 1. The summed E-state index contributed by atoms with van der Waals surface area (Å²) in [5, 5.41) is 9.39. The molecule has 2 rings (SSSR count). The Morgan fingerprint density at radius 3 is 2.53 bits per heavy atom. The summed E-state index contributed by atoms with van der Waals surface area (Å²) < 4.78 is 0. The fraction of sp³-hybridized carbons (Fsp3) is 0.909. The van der Waals surface area contributed by atoms with Crippen LogP contribution in [0.2, 0.25) is 0 Å². The van der Waals surface area contributed by atoms with Crippen molar-refractivity contribution in [2.75, 3.05) is 26.7 Å². The molecule has 0 aromatic heterocycles. The summed E-state index contributed by atoms with van der Waals surface area (Å²) in [6, 6.07) is 0.396. The number of carbonyl (C=O) groups excluding carboxylic acids is 1. The van der Waals surface area contributed by atoms with Crippen LogP contribution >= 0.6 is 0 Å². The molecule has 86 valence electrons. The molecule has 2 aliphatic heterocycles. The van der Waals surface area contributed by atoms with E-state index in [9.17, 15) is 9.90 Å². The van der Waals surface area contributed by atoms with Crippen LogP contribution in [0, 0.1) is 0 Å². The Morgan fingerprint density at radius 1 is 1.33 bits per heavy atom. The highest BCUT2D eigenvalue weighted by Gasteiger charge is 2.29. The maximum absolute atomic E-state index is 11.3. The summed E-state index contributed by atoms with van der Waals surface area (Å²) in [7, 11) is 1.90. The van der Waals surface area contributed by atoms with Crippen molar-refractivity contribution < 1.29 is 9.90 Å². The number of piperidine rings is 1. The van der Waals surface area contributed by atoms with Crippen molar-refractivity contribution in [2.45, 2.75) is 37.8 Å². The van der Waals surface area contributed by atoms with Crippen LogP contribution in [0.1, 0.15) is 25.7 Å². The molecule has 15 heavy (non-hydrogen) atoms. The second-order valence-electron chi connectivity index (χ2n) is 4.73. The minimum absolute atomic E-state index is 0.107. The molecule has 0 spiro atoms. The maximum Gasteiger partial charge on any atom is 0.222 e. The van der Waals surface area contributed by atoms with Gasteiger partial charge in [-0.3, -0.25) is 4.79 Å². The number of hydrogen-bond acceptors (Lipinski definition) is 3. The molecule has 1 amide bonds. The van der Waals surface area contributed by atoms with Gasteiger partial charge >= 0.3 is 0 Å². The van der Waals surface area contributed by atoms with E-state index in [0.717, 1.165) is 38.9 Å². The minimum atomic E-state index is -0.107. The largest absolute Gasteiger partial charge is 0.393 e. The lowest BCUT2D eigenvalue weighted by atomic mass is 10.1. The topological polar surface area (TPSA) is 43.8 Å². The van der Waals surface area contributed by atoms with Gasteiger partial charge in [-0.05, 0) is 19.3 Å². The Bertz CT molecular complexity index is 237. The molecule has 0 aliphatic carbocycles. The van der Waals surface area contributed by atoms with Crippen LogP contribution < -0.4 is 0 Å². The van der Waals surface area contributed by atoms with Gasteiger partial charge in [0.05, 0.1) is 6.10 Å². The molecule has 0 bridgehead atoms. The zero-order valence-electron chi connectivity index (χ0n) is 9.35. The predicted molar refractivity (Wildman–Crippen MR) is 57.5 cm³/mol. The lowest BCUT2D eigenvalue weighted by Crippen LogP contribution is -2.44. The fourth-order valence-corrected chi connectivity index (χ4v) is 2.48. The van der Waals surface area contributed by atoms with E-state index in [4.69, 9.17) is 0 Å². The number of likely N-dealkylation sites (tertiary alicyclic amines) is 2. The van der Waals surface area contributed by atoms with Crippen LogP contribution in [0.5, 0.6) is 0 Å². The number of carbonyl (C=O) groups is 1. The molecule has 2 fully saturated rings. The molecular formula is C11H20N2O2. The van der Waals surface area contributed by atoms with Crippen LogP contribution in [-0.4, -0.2) is 59.6 Å². The Kier molecular flexibility index (Phi) is 3.26. The van der Waals surface area contributed by atoms with Gasteiger partial charge in [-0.25, -0.2) is 0 Å². The van der Waals surface area contributed by atoms with E-state index in [1.807, 2.05) is 11.9 Å².